The number of ether oxygens (including phenoxy) is 5. The van der Waals surface area contributed by atoms with Crippen molar-refractivity contribution in [1.82, 2.24) is 0 Å². The standard InChI is InChI=1S/C36H31ClO13S/c1-45-35(42)36(50-51(2,43)44,49-34(41)27-21-13-6-14-22-27)30(48-33(40)26-19-11-5-12-20-26)29(47-32(39)25-17-9-4-10-18-25)28(37)23-46-31(38)24-15-7-3-8-16-24/h3-22,28-30H,23H2,1-2H3/t28-,29-,30+,36+/m1/s1. The van der Waals surface area contributed by atoms with Gasteiger partial charge in [0.2, 0.25) is 6.10 Å². The second-order valence-corrected chi connectivity index (χ2v) is 12.7. The Labute approximate surface area is 298 Å². The van der Waals surface area contributed by atoms with E-state index in [9.17, 15) is 32.4 Å². The van der Waals surface area contributed by atoms with E-state index in [-0.39, 0.29) is 22.3 Å². The molecule has 0 aliphatic rings. The van der Waals surface area contributed by atoms with Crippen molar-refractivity contribution < 1.29 is 60.3 Å². The summed E-state index contributed by atoms with van der Waals surface area (Å²) in [5, 5.41) is -1.75. The molecular formula is C36H31ClO13S. The lowest BCUT2D eigenvalue weighted by atomic mass is 10.00. The Balaban J connectivity index is 1.92. The van der Waals surface area contributed by atoms with Crippen LogP contribution in [0.15, 0.2) is 121 Å². The number of hydrogen-bond donors (Lipinski definition) is 0. The number of alkyl halides is 1. The van der Waals surface area contributed by atoms with E-state index in [1.54, 1.807) is 36.4 Å². The van der Waals surface area contributed by atoms with E-state index in [2.05, 4.69) is 0 Å². The van der Waals surface area contributed by atoms with E-state index in [1.807, 2.05) is 0 Å². The average molecular weight is 739 g/mol. The highest BCUT2D eigenvalue weighted by Gasteiger charge is 2.63. The van der Waals surface area contributed by atoms with Crippen LogP contribution in [0.5, 0.6) is 0 Å². The van der Waals surface area contributed by atoms with Gasteiger partial charge < -0.3 is 23.7 Å². The summed E-state index contributed by atoms with van der Waals surface area (Å²) in [5.41, 5.74) is -0.278. The smallest absolute Gasteiger partial charge is 0.385 e. The molecule has 0 fully saturated rings. The highest BCUT2D eigenvalue weighted by Crippen LogP contribution is 2.34. The van der Waals surface area contributed by atoms with Gasteiger partial charge in [0, 0.05) is 0 Å². The second-order valence-electron chi connectivity index (χ2n) is 10.6. The highest BCUT2D eigenvalue weighted by atomic mass is 35.5. The minimum Gasteiger partial charge on any atom is -0.464 e. The Bertz CT molecular complexity index is 1930. The average Bonchev–Trinajstić information content (AvgIpc) is 3.15. The third-order valence-electron chi connectivity index (χ3n) is 6.91. The predicted molar refractivity (Wildman–Crippen MR) is 180 cm³/mol. The molecule has 0 spiro atoms. The molecule has 266 valence electrons. The summed E-state index contributed by atoms with van der Waals surface area (Å²) in [4.78, 5) is 67.5. The summed E-state index contributed by atoms with van der Waals surface area (Å²) < 4.78 is 58.2. The monoisotopic (exact) mass is 738 g/mol. The maximum absolute atomic E-state index is 13.8. The van der Waals surface area contributed by atoms with Crippen LogP contribution in [0.4, 0.5) is 0 Å². The Morgan fingerprint density at radius 2 is 1.02 bits per heavy atom. The van der Waals surface area contributed by atoms with Crippen LogP contribution in [-0.4, -0.2) is 81.6 Å². The SMILES string of the molecule is COC(=O)[C@@](OC(=O)c1ccccc1)(OS(C)(=O)=O)[C@@H](OC(=O)c1ccccc1)[C@H](OC(=O)c1ccccc1)[C@H](Cl)COC(=O)c1ccccc1. The summed E-state index contributed by atoms with van der Waals surface area (Å²) in [6.07, 6.45) is -4.20. The van der Waals surface area contributed by atoms with Crippen LogP contribution in [0.25, 0.3) is 0 Å². The van der Waals surface area contributed by atoms with Crippen molar-refractivity contribution >= 4 is 51.6 Å². The first-order valence-corrected chi connectivity index (χ1v) is 17.3. The number of hydrogen-bond acceptors (Lipinski definition) is 13. The number of carbonyl (C=O) groups excluding carboxylic acids is 5. The minimum atomic E-state index is -4.85. The predicted octanol–water partition coefficient (Wildman–Crippen LogP) is 4.60. The first-order chi connectivity index (χ1) is 24.3. The molecule has 0 aromatic heterocycles. The fourth-order valence-corrected chi connectivity index (χ4v) is 5.46. The Hall–Kier alpha value is -5.57. The highest BCUT2D eigenvalue weighted by molar-refractivity contribution is 7.86. The van der Waals surface area contributed by atoms with Crippen molar-refractivity contribution in [3.8, 4) is 0 Å². The van der Waals surface area contributed by atoms with Gasteiger partial charge in [0.1, 0.15) is 12.0 Å². The van der Waals surface area contributed by atoms with E-state index in [1.165, 1.54) is 84.9 Å². The van der Waals surface area contributed by atoms with Gasteiger partial charge in [-0.15, -0.1) is 11.6 Å². The van der Waals surface area contributed by atoms with Gasteiger partial charge in [-0.05, 0) is 48.5 Å². The van der Waals surface area contributed by atoms with Crippen molar-refractivity contribution in [2.45, 2.75) is 23.4 Å². The lowest BCUT2D eigenvalue weighted by Gasteiger charge is -2.39. The van der Waals surface area contributed by atoms with Crippen LogP contribution in [0.3, 0.4) is 0 Å². The van der Waals surface area contributed by atoms with E-state index in [0.29, 0.717) is 6.26 Å². The van der Waals surface area contributed by atoms with Crippen LogP contribution < -0.4 is 0 Å². The molecular weight excluding hydrogens is 708 g/mol. The number of halogens is 1. The molecule has 0 saturated carbocycles. The minimum absolute atomic E-state index is 0.0604. The van der Waals surface area contributed by atoms with Crippen LogP contribution in [0.2, 0.25) is 0 Å². The summed E-state index contributed by atoms with van der Waals surface area (Å²) in [5.74, 6) is -9.83. The zero-order chi connectivity index (χ0) is 37.0. The van der Waals surface area contributed by atoms with Crippen molar-refractivity contribution in [1.29, 1.82) is 0 Å². The van der Waals surface area contributed by atoms with E-state index in [0.717, 1.165) is 7.11 Å². The van der Waals surface area contributed by atoms with Crippen molar-refractivity contribution in [2.75, 3.05) is 20.0 Å². The van der Waals surface area contributed by atoms with Gasteiger partial charge in [0.05, 0.1) is 35.6 Å². The lowest BCUT2D eigenvalue weighted by Crippen LogP contribution is -2.64. The maximum atomic E-state index is 13.8. The molecule has 0 heterocycles. The molecule has 0 aliphatic heterocycles. The zero-order valence-corrected chi connectivity index (χ0v) is 28.7. The molecule has 15 heteroatoms. The fourth-order valence-electron chi connectivity index (χ4n) is 4.57. The van der Waals surface area contributed by atoms with Crippen molar-refractivity contribution in [2.24, 2.45) is 0 Å². The molecule has 0 N–H and O–H groups in total. The Kier molecular flexibility index (Phi) is 13.0. The Morgan fingerprint density at radius 3 is 1.43 bits per heavy atom. The van der Waals surface area contributed by atoms with Gasteiger partial charge in [-0.3, -0.25) is 0 Å². The molecule has 0 aliphatic carbocycles. The number of esters is 5. The Morgan fingerprint density at radius 1 is 0.627 bits per heavy atom. The van der Waals surface area contributed by atoms with Gasteiger partial charge in [0.25, 0.3) is 10.1 Å². The second kappa shape index (κ2) is 17.4. The van der Waals surface area contributed by atoms with Crippen molar-refractivity contribution in [3.05, 3.63) is 144 Å². The maximum Gasteiger partial charge on any atom is 0.385 e. The number of methoxy groups -OCH3 is 1. The molecule has 0 unspecified atom stereocenters. The van der Waals surface area contributed by atoms with Crippen LogP contribution in [-0.2, 0) is 42.8 Å². The molecule has 4 atom stereocenters. The molecule has 4 aromatic carbocycles. The number of benzene rings is 4. The topological polar surface area (TPSA) is 175 Å². The van der Waals surface area contributed by atoms with Crippen LogP contribution in [0, 0.1) is 0 Å². The molecule has 4 rings (SSSR count). The fraction of sp³-hybridized carbons (Fsp3) is 0.194. The van der Waals surface area contributed by atoms with Crippen LogP contribution in [0.1, 0.15) is 41.4 Å². The summed E-state index contributed by atoms with van der Waals surface area (Å²) in [6.45, 7) is -0.788. The first kappa shape index (κ1) is 38.2. The number of rotatable bonds is 15. The summed E-state index contributed by atoms with van der Waals surface area (Å²) >= 11 is 6.77. The van der Waals surface area contributed by atoms with Gasteiger partial charge in [-0.2, -0.15) is 8.42 Å². The normalized spacial score (nSPS) is 14.0. The molecule has 0 saturated heterocycles. The lowest BCUT2D eigenvalue weighted by molar-refractivity contribution is -0.239. The molecule has 4 aromatic rings. The zero-order valence-electron chi connectivity index (χ0n) is 27.1. The third kappa shape index (κ3) is 10.2. The molecule has 13 nitrogen and oxygen atoms in total. The quantitative estimate of drug-likeness (QED) is 0.0544. The van der Waals surface area contributed by atoms with Gasteiger partial charge in [-0.25, -0.2) is 28.2 Å². The first-order valence-electron chi connectivity index (χ1n) is 15.0. The third-order valence-corrected chi connectivity index (χ3v) is 7.83. The van der Waals surface area contributed by atoms with Gasteiger partial charge >= 0.3 is 35.6 Å². The summed E-state index contributed by atoms with van der Waals surface area (Å²) in [6, 6.07) is 29.2. The van der Waals surface area contributed by atoms with Crippen LogP contribution >= 0.6 is 11.6 Å². The van der Waals surface area contributed by atoms with Gasteiger partial charge in [-0.1, -0.05) is 72.8 Å². The summed E-state index contributed by atoms with van der Waals surface area (Å²) in [7, 11) is -4.04. The van der Waals surface area contributed by atoms with E-state index >= 15 is 0 Å². The molecule has 0 radical (unpaired) electrons. The van der Waals surface area contributed by atoms with Crippen molar-refractivity contribution in [3.63, 3.8) is 0 Å². The largest absolute Gasteiger partial charge is 0.464 e. The van der Waals surface area contributed by atoms with Gasteiger partial charge in [0.15, 0.2) is 6.10 Å². The van der Waals surface area contributed by atoms with E-state index in [4.69, 9.17) is 39.5 Å². The van der Waals surface area contributed by atoms with E-state index < -0.39 is 69.9 Å². The molecule has 51 heavy (non-hydrogen) atoms. The molecule has 0 amide bonds. The molecule has 0 bridgehead atoms. The number of carbonyl (C=O) groups is 5.